The second-order valence-corrected chi connectivity index (χ2v) is 6.30. The third-order valence-corrected chi connectivity index (χ3v) is 4.68. The molecule has 1 unspecified atom stereocenters. The Hall–Kier alpha value is -2.10. The number of amides is 2. The van der Waals surface area contributed by atoms with E-state index in [0.29, 0.717) is 19.4 Å². The van der Waals surface area contributed by atoms with Crippen LogP contribution in [0.25, 0.3) is 0 Å². The summed E-state index contributed by atoms with van der Waals surface area (Å²) in [7, 11) is 0. The van der Waals surface area contributed by atoms with Crippen molar-refractivity contribution in [2.24, 2.45) is 0 Å². The maximum absolute atomic E-state index is 12.5. The highest BCUT2D eigenvalue weighted by Gasteiger charge is 2.36. The molecule has 23 heavy (non-hydrogen) atoms. The summed E-state index contributed by atoms with van der Waals surface area (Å²) in [4.78, 5) is 26.3. The van der Waals surface area contributed by atoms with Gasteiger partial charge in [0.1, 0.15) is 6.04 Å². The minimum absolute atomic E-state index is 0.0314. The van der Waals surface area contributed by atoms with Gasteiger partial charge in [0.05, 0.1) is 0 Å². The Morgan fingerprint density at radius 1 is 1.17 bits per heavy atom. The predicted molar refractivity (Wildman–Crippen MR) is 91.1 cm³/mol. The standard InChI is InChI=1S/C19H24N2O2/c22-18-12-11-17(21(18)16-9-5-2-6-10-16)19(23)20-14-13-15-7-3-1-4-8-15/h2,5-7,9-10,17H,1,3-4,8,11-14H2,(H,20,23). The van der Waals surface area contributed by atoms with Crippen LogP contribution in [-0.2, 0) is 9.59 Å². The average Bonchev–Trinajstić information content (AvgIpc) is 2.98. The van der Waals surface area contributed by atoms with E-state index < -0.39 is 0 Å². The Morgan fingerprint density at radius 2 is 2.00 bits per heavy atom. The van der Waals surface area contributed by atoms with Gasteiger partial charge in [-0.15, -0.1) is 0 Å². The van der Waals surface area contributed by atoms with E-state index in [9.17, 15) is 9.59 Å². The number of anilines is 1. The van der Waals surface area contributed by atoms with Crippen molar-refractivity contribution < 1.29 is 9.59 Å². The van der Waals surface area contributed by atoms with Gasteiger partial charge < -0.3 is 5.32 Å². The lowest BCUT2D eigenvalue weighted by Crippen LogP contribution is -2.45. The first kappa shape index (κ1) is 15.8. The lowest BCUT2D eigenvalue weighted by atomic mass is 9.97. The zero-order chi connectivity index (χ0) is 16.1. The molecule has 2 amide bonds. The molecule has 4 heteroatoms. The molecule has 2 aliphatic rings. The van der Waals surface area contributed by atoms with E-state index in [1.54, 1.807) is 4.90 Å². The molecule has 0 aromatic heterocycles. The van der Waals surface area contributed by atoms with Gasteiger partial charge in [-0.3, -0.25) is 14.5 Å². The fourth-order valence-electron chi connectivity index (χ4n) is 3.44. The van der Waals surface area contributed by atoms with Gasteiger partial charge >= 0.3 is 0 Å². The molecule has 3 rings (SSSR count). The number of hydrogen-bond acceptors (Lipinski definition) is 2. The Morgan fingerprint density at radius 3 is 2.74 bits per heavy atom. The van der Waals surface area contributed by atoms with Crippen molar-refractivity contribution in [1.29, 1.82) is 0 Å². The summed E-state index contributed by atoms with van der Waals surface area (Å²) in [6, 6.07) is 9.10. The lowest BCUT2D eigenvalue weighted by molar-refractivity contribution is -0.123. The molecule has 1 heterocycles. The molecule has 4 nitrogen and oxygen atoms in total. The van der Waals surface area contributed by atoms with Gasteiger partial charge in [-0.25, -0.2) is 0 Å². The summed E-state index contributed by atoms with van der Waals surface area (Å²) in [5, 5.41) is 3.02. The Balaban J connectivity index is 1.57. The smallest absolute Gasteiger partial charge is 0.243 e. The van der Waals surface area contributed by atoms with Gasteiger partial charge in [-0.2, -0.15) is 0 Å². The minimum Gasteiger partial charge on any atom is -0.354 e. The molecule has 1 N–H and O–H groups in total. The number of carbonyl (C=O) groups excluding carboxylic acids is 2. The van der Waals surface area contributed by atoms with E-state index in [1.807, 2.05) is 30.3 Å². The molecule has 1 aliphatic carbocycles. The maximum atomic E-state index is 12.5. The number of rotatable bonds is 5. The summed E-state index contributed by atoms with van der Waals surface area (Å²) >= 11 is 0. The van der Waals surface area contributed by atoms with E-state index in [0.717, 1.165) is 18.5 Å². The SMILES string of the molecule is O=C(NCCC1=CCCCC1)C1CCC(=O)N1c1ccccc1. The number of benzene rings is 1. The summed E-state index contributed by atoms with van der Waals surface area (Å²) in [6.45, 7) is 0.665. The third kappa shape index (κ3) is 3.81. The van der Waals surface area contributed by atoms with Crippen LogP contribution in [0.1, 0.15) is 44.9 Å². The fraction of sp³-hybridized carbons (Fsp3) is 0.474. The van der Waals surface area contributed by atoms with Crippen LogP contribution in [0.4, 0.5) is 5.69 Å². The van der Waals surface area contributed by atoms with Gasteiger partial charge in [0.15, 0.2) is 0 Å². The van der Waals surface area contributed by atoms with Gasteiger partial charge in [0.2, 0.25) is 11.8 Å². The summed E-state index contributed by atoms with van der Waals surface area (Å²) in [5.41, 5.74) is 2.27. The molecular formula is C19H24N2O2. The van der Waals surface area contributed by atoms with E-state index >= 15 is 0 Å². The van der Waals surface area contributed by atoms with E-state index in [1.165, 1.54) is 24.8 Å². The van der Waals surface area contributed by atoms with E-state index in [4.69, 9.17) is 0 Å². The highest BCUT2D eigenvalue weighted by Crippen LogP contribution is 2.26. The maximum Gasteiger partial charge on any atom is 0.243 e. The van der Waals surface area contributed by atoms with Crippen LogP contribution >= 0.6 is 0 Å². The summed E-state index contributed by atoms with van der Waals surface area (Å²) in [6.07, 6.45) is 9.16. The highest BCUT2D eigenvalue weighted by atomic mass is 16.2. The Bertz CT molecular complexity index is 595. The molecular weight excluding hydrogens is 288 g/mol. The molecule has 1 aromatic carbocycles. The lowest BCUT2D eigenvalue weighted by Gasteiger charge is -2.24. The van der Waals surface area contributed by atoms with Crippen molar-refractivity contribution in [2.75, 3.05) is 11.4 Å². The minimum atomic E-state index is -0.370. The van der Waals surface area contributed by atoms with E-state index in [-0.39, 0.29) is 17.9 Å². The van der Waals surface area contributed by atoms with Crippen molar-refractivity contribution >= 4 is 17.5 Å². The van der Waals surface area contributed by atoms with Crippen LogP contribution in [0.2, 0.25) is 0 Å². The molecule has 1 saturated heterocycles. The van der Waals surface area contributed by atoms with Crippen LogP contribution < -0.4 is 10.2 Å². The average molecular weight is 312 g/mol. The molecule has 0 saturated carbocycles. The van der Waals surface area contributed by atoms with Crippen LogP contribution in [-0.4, -0.2) is 24.4 Å². The fourth-order valence-corrected chi connectivity index (χ4v) is 3.44. The normalized spacial score (nSPS) is 21.2. The predicted octanol–water partition coefficient (Wildman–Crippen LogP) is 3.19. The van der Waals surface area contributed by atoms with E-state index in [2.05, 4.69) is 11.4 Å². The number of carbonyl (C=O) groups is 2. The van der Waals surface area contributed by atoms with Crippen molar-refractivity contribution in [3.05, 3.63) is 42.0 Å². The van der Waals surface area contributed by atoms with Gasteiger partial charge in [-0.05, 0) is 50.7 Å². The Kier molecular flexibility index (Phi) is 5.11. The first-order chi connectivity index (χ1) is 11.3. The number of allylic oxidation sites excluding steroid dienone is 1. The van der Waals surface area contributed by atoms with Crippen LogP contribution in [0, 0.1) is 0 Å². The largest absolute Gasteiger partial charge is 0.354 e. The van der Waals surface area contributed by atoms with Gasteiger partial charge in [-0.1, -0.05) is 29.8 Å². The second kappa shape index (κ2) is 7.44. The molecule has 1 aliphatic heterocycles. The Labute approximate surface area is 137 Å². The molecule has 1 atom stereocenters. The quantitative estimate of drug-likeness (QED) is 0.849. The molecule has 1 aromatic rings. The topological polar surface area (TPSA) is 49.4 Å². The number of hydrogen-bond donors (Lipinski definition) is 1. The van der Waals surface area contributed by atoms with Crippen LogP contribution in [0.15, 0.2) is 42.0 Å². The molecule has 1 fully saturated rings. The second-order valence-electron chi connectivity index (χ2n) is 6.30. The summed E-state index contributed by atoms with van der Waals surface area (Å²) < 4.78 is 0. The number of nitrogens with zero attached hydrogens (tertiary/aromatic N) is 1. The van der Waals surface area contributed by atoms with Gasteiger partial charge in [0, 0.05) is 18.7 Å². The number of para-hydroxylation sites is 1. The monoisotopic (exact) mass is 312 g/mol. The van der Waals surface area contributed by atoms with Crippen molar-refractivity contribution in [2.45, 2.75) is 51.0 Å². The van der Waals surface area contributed by atoms with Crippen molar-refractivity contribution in [1.82, 2.24) is 5.32 Å². The number of nitrogens with one attached hydrogen (secondary N) is 1. The first-order valence-corrected chi connectivity index (χ1v) is 8.58. The van der Waals surface area contributed by atoms with Crippen LogP contribution in [0.3, 0.4) is 0 Å². The zero-order valence-electron chi connectivity index (χ0n) is 13.5. The highest BCUT2D eigenvalue weighted by molar-refractivity contribution is 6.03. The third-order valence-electron chi connectivity index (χ3n) is 4.68. The van der Waals surface area contributed by atoms with Crippen LogP contribution in [0.5, 0.6) is 0 Å². The zero-order valence-corrected chi connectivity index (χ0v) is 13.5. The molecule has 0 radical (unpaired) electrons. The van der Waals surface area contributed by atoms with Crippen molar-refractivity contribution in [3.8, 4) is 0 Å². The molecule has 0 bridgehead atoms. The first-order valence-electron chi connectivity index (χ1n) is 8.58. The summed E-state index contributed by atoms with van der Waals surface area (Å²) in [5.74, 6) is 0.00227. The van der Waals surface area contributed by atoms with Gasteiger partial charge in [0.25, 0.3) is 0 Å². The molecule has 0 spiro atoms. The van der Waals surface area contributed by atoms with Crippen molar-refractivity contribution in [3.63, 3.8) is 0 Å². The molecule has 122 valence electrons.